The van der Waals surface area contributed by atoms with Crippen LogP contribution in [0.2, 0.25) is 0 Å². The Morgan fingerprint density at radius 3 is 2.73 bits per heavy atom. The van der Waals surface area contributed by atoms with E-state index < -0.39 is 9.84 Å². The van der Waals surface area contributed by atoms with E-state index in [1.54, 1.807) is 12.1 Å². The SMILES string of the molecule is CS(=O)(=O)c1cccc(CN2CCOC3(CCCCC3)C2)c1. The highest BCUT2D eigenvalue weighted by molar-refractivity contribution is 7.90. The van der Waals surface area contributed by atoms with Gasteiger partial charge in [0.2, 0.25) is 0 Å². The number of hydrogen-bond donors (Lipinski definition) is 0. The Morgan fingerprint density at radius 2 is 2.00 bits per heavy atom. The van der Waals surface area contributed by atoms with Crippen molar-refractivity contribution in [3.8, 4) is 0 Å². The molecule has 0 aromatic heterocycles. The molecule has 0 amide bonds. The molecule has 0 atom stereocenters. The van der Waals surface area contributed by atoms with Crippen LogP contribution in [0.15, 0.2) is 29.2 Å². The van der Waals surface area contributed by atoms with E-state index >= 15 is 0 Å². The minimum Gasteiger partial charge on any atom is -0.372 e. The van der Waals surface area contributed by atoms with E-state index in [4.69, 9.17) is 4.74 Å². The van der Waals surface area contributed by atoms with E-state index in [1.165, 1.54) is 25.5 Å². The van der Waals surface area contributed by atoms with E-state index in [0.717, 1.165) is 44.6 Å². The van der Waals surface area contributed by atoms with Gasteiger partial charge in [0.05, 0.1) is 17.1 Å². The second kappa shape index (κ2) is 6.30. The summed E-state index contributed by atoms with van der Waals surface area (Å²) in [6.45, 7) is 3.47. The van der Waals surface area contributed by atoms with E-state index in [-0.39, 0.29) is 5.60 Å². The van der Waals surface area contributed by atoms with Crippen LogP contribution in [0, 0.1) is 0 Å². The molecule has 1 aromatic carbocycles. The summed E-state index contributed by atoms with van der Waals surface area (Å²) in [5, 5.41) is 0. The Bertz CT molecular complexity index is 615. The number of nitrogens with zero attached hydrogens (tertiary/aromatic N) is 1. The fraction of sp³-hybridized carbons (Fsp3) is 0.647. The molecule has 1 heterocycles. The van der Waals surface area contributed by atoms with E-state index in [1.807, 2.05) is 12.1 Å². The Kier molecular flexibility index (Phi) is 4.57. The molecule has 2 aliphatic rings. The number of morpholine rings is 1. The van der Waals surface area contributed by atoms with Gasteiger partial charge in [-0.3, -0.25) is 4.90 Å². The number of hydrogen-bond acceptors (Lipinski definition) is 4. The lowest BCUT2D eigenvalue weighted by atomic mass is 9.83. The Morgan fingerprint density at radius 1 is 1.23 bits per heavy atom. The first-order valence-corrected chi connectivity index (χ1v) is 10.0. The summed E-state index contributed by atoms with van der Waals surface area (Å²) in [7, 11) is -3.14. The van der Waals surface area contributed by atoms with Gasteiger partial charge in [0.1, 0.15) is 0 Å². The van der Waals surface area contributed by atoms with E-state index in [9.17, 15) is 8.42 Å². The number of sulfone groups is 1. The van der Waals surface area contributed by atoms with Crippen LogP contribution < -0.4 is 0 Å². The monoisotopic (exact) mass is 323 g/mol. The van der Waals surface area contributed by atoms with Crippen molar-refractivity contribution in [3.63, 3.8) is 0 Å². The molecular formula is C17H25NO3S. The van der Waals surface area contributed by atoms with Crippen LogP contribution in [0.25, 0.3) is 0 Å². The molecule has 22 heavy (non-hydrogen) atoms. The van der Waals surface area contributed by atoms with Gasteiger partial charge in [-0.25, -0.2) is 8.42 Å². The minimum atomic E-state index is -3.14. The number of ether oxygens (including phenoxy) is 1. The first-order chi connectivity index (χ1) is 10.5. The Labute approximate surface area is 133 Å². The molecule has 1 aliphatic carbocycles. The second-order valence-corrected chi connectivity index (χ2v) is 8.74. The summed E-state index contributed by atoms with van der Waals surface area (Å²) < 4.78 is 29.5. The van der Waals surface area contributed by atoms with E-state index in [2.05, 4.69) is 4.90 Å². The first kappa shape index (κ1) is 16.0. The molecule has 0 bridgehead atoms. The molecule has 1 aliphatic heterocycles. The minimum absolute atomic E-state index is 0.0466. The van der Waals surface area contributed by atoms with Crippen molar-refractivity contribution in [2.75, 3.05) is 26.0 Å². The van der Waals surface area contributed by atoms with Crippen molar-refractivity contribution in [2.24, 2.45) is 0 Å². The maximum absolute atomic E-state index is 11.7. The molecule has 1 saturated heterocycles. The third kappa shape index (κ3) is 3.70. The van der Waals surface area contributed by atoms with Gasteiger partial charge in [0.25, 0.3) is 0 Å². The summed E-state index contributed by atoms with van der Waals surface area (Å²) >= 11 is 0. The molecule has 0 unspecified atom stereocenters. The Balaban J connectivity index is 1.70. The van der Waals surface area contributed by atoms with Gasteiger partial charge >= 0.3 is 0 Å². The topological polar surface area (TPSA) is 46.6 Å². The fourth-order valence-electron chi connectivity index (χ4n) is 3.69. The van der Waals surface area contributed by atoms with Crippen LogP contribution >= 0.6 is 0 Å². The Hall–Kier alpha value is -0.910. The smallest absolute Gasteiger partial charge is 0.175 e. The normalized spacial score (nSPS) is 22.8. The summed E-state index contributed by atoms with van der Waals surface area (Å²) in [5.41, 5.74) is 1.11. The molecule has 4 nitrogen and oxygen atoms in total. The van der Waals surface area contributed by atoms with Gasteiger partial charge in [0, 0.05) is 25.9 Å². The summed E-state index contributed by atoms with van der Waals surface area (Å²) in [5.74, 6) is 0. The molecule has 5 heteroatoms. The average Bonchev–Trinajstić information content (AvgIpc) is 2.47. The van der Waals surface area contributed by atoms with Crippen molar-refractivity contribution in [2.45, 2.75) is 49.1 Å². The molecule has 1 spiro atoms. The maximum Gasteiger partial charge on any atom is 0.175 e. The van der Waals surface area contributed by atoms with Gasteiger partial charge < -0.3 is 4.74 Å². The average molecular weight is 323 g/mol. The quantitative estimate of drug-likeness (QED) is 0.858. The summed E-state index contributed by atoms with van der Waals surface area (Å²) in [6.07, 6.45) is 7.42. The van der Waals surface area contributed by atoms with Gasteiger partial charge in [-0.1, -0.05) is 31.4 Å². The highest BCUT2D eigenvalue weighted by Crippen LogP contribution is 2.34. The highest BCUT2D eigenvalue weighted by Gasteiger charge is 2.37. The van der Waals surface area contributed by atoms with Crippen LogP contribution in [-0.4, -0.2) is 44.9 Å². The zero-order valence-electron chi connectivity index (χ0n) is 13.3. The lowest BCUT2D eigenvalue weighted by molar-refractivity contribution is -0.128. The maximum atomic E-state index is 11.7. The molecule has 122 valence electrons. The molecule has 1 aromatic rings. The standard InChI is InChI=1S/C17H25NO3S/c1-22(19,20)16-7-5-6-15(12-16)13-18-10-11-21-17(14-18)8-3-2-4-9-17/h5-7,12H,2-4,8-11,13-14H2,1H3. The predicted molar refractivity (Wildman–Crippen MR) is 86.6 cm³/mol. The van der Waals surface area contributed by atoms with Crippen molar-refractivity contribution < 1.29 is 13.2 Å². The number of rotatable bonds is 3. The molecular weight excluding hydrogens is 298 g/mol. The number of benzene rings is 1. The lowest BCUT2D eigenvalue weighted by Crippen LogP contribution is -2.52. The van der Waals surface area contributed by atoms with Crippen molar-refractivity contribution in [3.05, 3.63) is 29.8 Å². The first-order valence-electron chi connectivity index (χ1n) is 8.12. The molecule has 0 radical (unpaired) electrons. The van der Waals surface area contributed by atoms with Crippen LogP contribution in [0.4, 0.5) is 0 Å². The van der Waals surface area contributed by atoms with Gasteiger partial charge in [-0.2, -0.15) is 0 Å². The third-order valence-corrected chi connectivity index (χ3v) is 5.94. The molecule has 1 saturated carbocycles. The predicted octanol–water partition coefficient (Wildman–Crippen LogP) is 2.63. The molecule has 3 rings (SSSR count). The lowest BCUT2D eigenvalue weighted by Gasteiger charge is -2.45. The van der Waals surface area contributed by atoms with Crippen LogP contribution in [-0.2, 0) is 21.1 Å². The largest absolute Gasteiger partial charge is 0.372 e. The second-order valence-electron chi connectivity index (χ2n) is 6.72. The molecule has 0 N–H and O–H groups in total. The zero-order chi connectivity index (χ0) is 15.6. The summed E-state index contributed by atoms with van der Waals surface area (Å²) in [4.78, 5) is 2.82. The van der Waals surface area contributed by atoms with Crippen LogP contribution in [0.3, 0.4) is 0 Å². The van der Waals surface area contributed by atoms with Gasteiger partial charge in [-0.05, 0) is 30.5 Å². The van der Waals surface area contributed by atoms with Crippen molar-refractivity contribution in [1.82, 2.24) is 4.90 Å². The van der Waals surface area contributed by atoms with Gasteiger partial charge in [0.15, 0.2) is 9.84 Å². The van der Waals surface area contributed by atoms with Gasteiger partial charge in [-0.15, -0.1) is 0 Å². The van der Waals surface area contributed by atoms with Crippen LogP contribution in [0.5, 0.6) is 0 Å². The van der Waals surface area contributed by atoms with Crippen LogP contribution in [0.1, 0.15) is 37.7 Å². The third-order valence-electron chi connectivity index (χ3n) is 4.83. The highest BCUT2D eigenvalue weighted by atomic mass is 32.2. The van der Waals surface area contributed by atoms with E-state index in [0.29, 0.717) is 4.90 Å². The van der Waals surface area contributed by atoms with Crippen molar-refractivity contribution in [1.29, 1.82) is 0 Å². The zero-order valence-corrected chi connectivity index (χ0v) is 14.1. The summed E-state index contributed by atoms with van der Waals surface area (Å²) in [6, 6.07) is 7.32. The van der Waals surface area contributed by atoms with Crippen molar-refractivity contribution >= 4 is 9.84 Å². The molecule has 2 fully saturated rings. The fourth-order valence-corrected chi connectivity index (χ4v) is 4.38.